The summed E-state index contributed by atoms with van der Waals surface area (Å²) in [4.78, 5) is 10.5. The maximum atomic E-state index is 10.5. The average molecular weight is 263 g/mol. The number of carbonyl (C=O) groups is 1. The van der Waals surface area contributed by atoms with Gasteiger partial charge in [-0.25, -0.2) is 0 Å². The first-order valence-corrected chi connectivity index (χ1v) is 5.20. The fraction of sp³-hybridized carbons (Fsp3) is 0.200. The number of rotatable bonds is 3. The predicted molar refractivity (Wildman–Crippen MR) is 60.3 cm³/mol. The molecule has 1 aromatic carbocycles. The summed E-state index contributed by atoms with van der Waals surface area (Å²) in [5.74, 6) is -0.725. The van der Waals surface area contributed by atoms with E-state index in [2.05, 4.69) is 0 Å². The van der Waals surface area contributed by atoms with Crippen LogP contribution >= 0.6 is 34.8 Å². The topological polar surface area (TPSA) is 40.9 Å². The molecule has 1 rings (SSSR count). The molecule has 0 radical (unpaired) electrons. The quantitative estimate of drug-likeness (QED) is 0.617. The SMILES string of the molecule is N#CC(C=O)Cc1cc(Cl)cc(Cl)c1Cl. The van der Waals surface area contributed by atoms with E-state index in [9.17, 15) is 4.79 Å². The van der Waals surface area contributed by atoms with Gasteiger partial charge in [-0.2, -0.15) is 5.26 Å². The number of benzene rings is 1. The summed E-state index contributed by atoms with van der Waals surface area (Å²) < 4.78 is 0. The average Bonchev–Trinajstić information content (AvgIpc) is 2.21. The second-order valence-electron chi connectivity index (χ2n) is 2.94. The first kappa shape index (κ1) is 12.3. The predicted octanol–water partition coefficient (Wildman–Crippen LogP) is 3.53. The van der Waals surface area contributed by atoms with Gasteiger partial charge in [0.25, 0.3) is 0 Å². The number of carbonyl (C=O) groups excluding carboxylic acids is 1. The van der Waals surface area contributed by atoms with Crippen LogP contribution in [0.3, 0.4) is 0 Å². The Bertz CT molecular complexity index is 425. The van der Waals surface area contributed by atoms with E-state index in [0.29, 0.717) is 26.9 Å². The van der Waals surface area contributed by atoms with Crippen LogP contribution in [0.5, 0.6) is 0 Å². The van der Waals surface area contributed by atoms with Crippen molar-refractivity contribution in [1.29, 1.82) is 5.26 Å². The fourth-order valence-electron chi connectivity index (χ4n) is 1.12. The Morgan fingerprint density at radius 3 is 2.60 bits per heavy atom. The maximum absolute atomic E-state index is 10.5. The van der Waals surface area contributed by atoms with E-state index in [1.165, 1.54) is 6.07 Å². The van der Waals surface area contributed by atoms with Crippen LogP contribution in [-0.4, -0.2) is 6.29 Å². The van der Waals surface area contributed by atoms with Gasteiger partial charge >= 0.3 is 0 Å². The van der Waals surface area contributed by atoms with E-state index in [1.807, 2.05) is 6.07 Å². The van der Waals surface area contributed by atoms with E-state index in [-0.39, 0.29) is 6.42 Å². The third kappa shape index (κ3) is 3.10. The first-order valence-electron chi connectivity index (χ1n) is 4.06. The zero-order valence-electron chi connectivity index (χ0n) is 7.51. The molecule has 1 aromatic rings. The van der Waals surface area contributed by atoms with Crippen molar-refractivity contribution in [1.82, 2.24) is 0 Å². The first-order chi connectivity index (χ1) is 7.08. The van der Waals surface area contributed by atoms with Gasteiger partial charge in [0.15, 0.2) is 0 Å². The van der Waals surface area contributed by atoms with Crippen molar-refractivity contribution in [2.24, 2.45) is 5.92 Å². The number of aldehydes is 1. The van der Waals surface area contributed by atoms with Crippen LogP contribution in [-0.2, 0) is 11.2 Å². The second-order valence-corrected chi connectivity index (χ2v) is 4.16. The van der Waals surface area contributed by atoms with Crippen LogP contribution < -0.4 is 0 Å². The Morgan fingerprint density at radius 1 is 1.40 bits per heavy atom. The van der Waals surface area contributed by atoms with Crippen molar-refractivity contribution in [2.45, 2.75) is 6.42 Å². The van der Waals surface area contributed by atoms with Crippen molar-refractivity contribution >= 4 is 41.1 Å². The smallest absolute Gasteiger partial charge is 0.137 e. The lowest BCUT2D eigenvalue weighted by atomic mass is 10.0. The molecule has 0 fully saturated rings. The highest BCUT2D eigenvalue weighted by Crippen LogP contribution is 2.30. The molecule has 0 saturated heterocycles. The molecule has 1 unspecified atom stereocenters. The van der Waals surface area contributed by atoms with E-state index in [0.717, 1.165) is 0 Å². The lowest BCUT2D eigenvalue weighted by molar-refractivity contribution is -0.109. The second kappa shape index (κ2) is 5.37. The molecule has 2 nitrogen and oxygen atoms in total. The molecule has 0 aliphatic rings. The van der Waals surface area contributed by atoms with Crippen molar-refractivity contribution < 1.29 is 4.79 Å². The molecular formula is C10H6Cl3NO. The summed E-state index contributed by atoms with van der Waals surface area (Å²) in [6, 6.07) is 4.97. The third-order valence-corrected chi connectivity index (χ3v) is 2.90. The Balaban J connectivity index is 3.05. The largest absolute Gasteiger partial charge is 0.302 e. The van der Waals surface area contributed by atoms with E-state index in [4.69, 9.17) is 40.1 Å². The van der Waals surface area contributed by atoms with Crippen LogP contribution in [0.15, 0.2) is 12.1 Å². The Kier molecular flexibility index (Phi) is 4.41. The monoisotopic (exact) mass is 261 g/mol. The third-order valence-electron chi connectivity index (χ3n) is 1.84. The Hall–Kier alpha value is -0.750. The van der Waals surface area contributed by atoms with Crippen LogP contribution in [0.1, 0.15) is 5.56 Å². The highest BCUT2D eigenvalue weighted by atomic mass is 35.5. The van der Waals surface area contributed by atoms with Crippen LogP contribution in [0.2, 0.25) is 15.1 Å². The molecule has 0 N–H and O–H groups in total. The van der Waals surface area contributed by atoms with Gasteiger partial charge in [-0.05, 0) is 24.1 Å². The summed E-state index contributed by atoms with van der Waals surface area (Å²) in [6.07, 6.45) is 0.796. The van der Waals surface area contributed by atoms with Gasteiger partial charge in [0, 0.05) is 5.02 Å². The van der Waals surface area contributed by atoms with E-state index in [1.54, 1.807) is 6.07 Å². The molecule has 1 atom stereocenters. The van der Waals surface area contributed by atoms with Gasteiger partial charge in [-0.3, -0.25) is 0 Å². The van der Waals surface area contributed by atoms with E-state index < -0.39 is 5.92 Å². The Labute approximate surface area is 102 Å². The number of hydrogen-bond donors (Lipinski definition) is 0. The molecule has 0 heterocycles. The van der Waals surface area contributed by atoms with Gasteiger partial charge < -0.3 is 4.79 Å². The van der Waals surface area contributed by atoms with Gasteiger partial charge in [0.2, 0.25) is 0 Å². The van der Waals surface area contributed by atoms with Gasteiger partial charge in [0.05, 0.1) is 16.1 Å². The molecule has 0 aliphatic carbocycles. The fourth-order valence-corrected chi connectivity index (χ4v) is 1.84. The number of halogens is 3. The summed E-state index contributed by atoms with van der Waals surface area (Å²) in [6.45, 7) is 0. The highest BCUT2D eigenvalue weighted by molar-refractivity contribution is 6.43. The van der Waals surface area contributed by atoms with Crippen LogP contribution in [0.4, 0.5) is 0 Å². The van der Waals surface area contributed by atoms with Crippen molar-refractivity contribution in [2.75, 3.05) is 0 Å². The zero-order chi connectivity index (χ0) is 11.4. The van der Waals surface area contributed by atoms with Crippen molar-refractivity contribution in [3.8, 4) is 6.07 Å². The summed E-state index contributed by atoms with van der Waals surface area (Å²) >= 11 is 17.5. The highest BCUT2D eigenvalue weighted by Gasteiger charge is 2.12. The minimum Gasteiger partial charge on any atom is -0.302 e. The van der Waals surface area contributed by atoms with Gasteiger partial charge in [-0.1, -0.05) is 34.8 Å². The Morgan fingerprint density at radius 2 is 2.07 bits per heavy atom. The van der Waals surface area contributed by atoms with Gasteiger partial charge in [-0.15, -0.1) is 0 Å². The van der Waals surface area contributed by atoms with Crippen molar-refractivity contribution in [3.05, 3.63) is 32.8 Å². The standard InChI is InChI=1S/C10H6Cl3NO/c11-8-2-7(1-6(4-14)5-15)10(13)9(12)3-8/h2-3,5-6H,1H2. The normalized spacial score (nSPS) is 11.9. The van der Waals surface area contributed by atoms with Crippen LogP contribution in [0, 0.1) is 17.2 Å². The lowest BCUT2D eigenvalue weighted by Gasteiger charge is -2.07. The molecule has 0 amide bonds. The molecule has 0 bridgehead atoms. The summed E-state index contributed by atoms with van der Waals surface area (Å²) in [5.41, 5.74) is 0.604. The minimum atomic E-state index is -0.725. The zero-order valence-corrected chi connectivity index (χ0v) is 9.77. The number of nitrogens with zero attached hydrogens (tertiary/aromatic N) is 1. The number of hydrogen-bond acceptors (Lipinski definition) is 2. The molecule has 0 aromatic heterocycles. The van der Waals surface area contributed by atoms with Crippen LogP contribution in [0.25, 0.3) is 0 Å². The molecule has 0 saturated carbocycles. The van der Waals surface area contributed by atoms with Crippen molar-refractivity contribution in [3.63, 3.8) is 0 Å². The maximum Gasteiger partial charge on any atom is 0.137 e. The van der Waals surface area contributed by atoms with E-state index >= 15 is 0 Å². The molecule has 5 heteroatoms. The molecule has 0 spiro atoms. The lowest BCUT2D eigenvalue weighted by Crippen LogP contribution is -2.03. The summed E-state index contributed by atoms with van der Waals surface area (Å²) in [7, 11) is 0. The summed E-state index contributed by atoms with van der Waals surface area (Å²) in [5, 5.41) is 9.72. The molecular weight excluding hydrogens is 256 g/mol. The van der Waals surface area contributed by atoms with Gasteiger partial charge in [0.1, 0.15) is 12.2 Å². The molecule has 78 valence electrons. The molecule has 0 aliphatic heterocycles. The minimum absolute atomic E-state index is 0.221. The molecule has 15 heavy (non-hydrogen) atoms. The number of nitriles is 1.